The van der Waals surface area contributed by atoms with Gasteiger partial charge in [-0.2, -0.15) is 0 Å². The maximum atomic E-state index is 12.9. The first-order valence-electron chi connectivity index (χ1n) is 31.8. The lowest BCUT2D eigenvalue weighted by atomic mass is 10.0. The van der Waals surface area contributed by atoms with Gasteiger partial charge < -0.3 is 14.2 Å². The zero-order valence-corrected chi connectivity index (χ0v) is 48.7. The van der Waals surface area contributed by atoms with Crippen molar-refractivity contribution in [3.05, 3.63) is 60.8 Å². The zero-order chi connectivity index (χ0) is 52.9. The quantitative estimate of drug-likeness (QED) is 0.0261. The minimum absolute atomic E-state index is 0.0818. The van der Waals surface area contributed by atoms with Gasteiger partial charge >= 0.3 is 17.9 Å². The molecule has 0 rings (SSSR count). The number of unbranched alkanes of at least 4 members (excludes halogenated alkanes) is 37. The Labute approximate surface area is 453 Å². The summed E-state index contributed by atoms with van der Waals surface area (Å²) < 4.78 is 16.9. The highest BCUT2D eigenvalue weighted by atomic mass is 16.6. The molecule has 6 nitrogen and oxygen atoms in total. The fourth-order valence-corrected chi connectivity index (χ4v) is 9.15. The first-order valence-corrected chi connectivity index (χ1v) is 31.8. The summed E-state index contributed by atoms with van der Waals surface area (Å²) in [7, 11) is 0. The number of ether oxygens (including phenoxy) is 3. The molecule has 0 aromatic carbocycles. The molecule has 0 spiro atoms. The van der Waals surface area contributed by atoms with E-state index >= 15 is 0 Å². The maximum absolute atomic E-state index is 12.9. The van der Waals surface area contributed by atoms with Crippen molar-refractivity contribution in [1.29, 1.82) is 0 Å². The van der Waals surface area contributed by atoms with E-state index in [4.69, 9.17) is 14.2 Å². The number of carbonyl (C=O) groups excluding carboxylic acids is 3. The van der Waals surface area contributed by atoms with Gasteiger partial charge in [0, 0.05) is 19.3 Å². The number of allylic oxidation sites excluding steroid dienone is 10. The van der Waals surface area contributed by atoms with Gasteiger partial charge in [0.1, 0.15) is 13.2 Å². The van der Waals surface area contributed by atoms with Crippen molar-refractivity contribution in [2.45, 2.75) is 335 Å². The van der Waals surface area contributed by atoms with E-state index in [1.807, 2.05) is 0 Å². The third-order valence-electron chi connectivity index (χ3n) is 14.0. The molecular weight excluding hydrogens is 901 g/mol. The monoisotopic (exact) mass is 1020 g/mol. The number of esters is 3. The van der Waals surface area contributed by atoms with Crippen LogP contribution in [0.4, 0.5) is 0 Å². The largest absolute Gasteiger partial charge is 0.462 e. The van der Waals surface area contributed by atoms with Crippen LogP contribution in [0.1, 0.15) is 329 Å². The lowest BCUT2D eigenvalue weighted by Crippen LogP contribution is -2.30. The Hall–Kier alpha value is -2.89. The summed E-state index contributed by atoms with van der Waals surface area (Å²) in [6, 6.07) is 0. The molecule has 0 aromatic rings. The van der Waals surface area contributed by atoms with Crippen molar-refractivity contribution in [2.75, 3.05) is 13.2 Å². The summed E-state index contributed by atoms with van der Waals surface area (Å²) in [5, 5.41) is 0. The van der Waals surface area contributed by atoms with E-state index in [9.17, 15) is 14.4 Å². The van der Waals surface area contributed by atoms with Crippen LogP contribution in [0.3, 0.4) is 0 Å². The Balaban J connectivity index is 4.38. The molecule has 0 fully saturated rings. The molecule has 0 aromatic heterocycles. The van der Waals surface area contributed by atoms with Crippen LogP contribution in [-0.4, -0.2) is 37.2 Å². The molecule has 1 atom stereocenters. The summed E-state index contributed by atoms with van der Waals surface area (Å²) in [5.41, 5.74) is 0. The van der Waals surface area contributed by atoms with E-state index in [1.54, 1.807) is 0 Å². The van der Waals surface area contributed by atoms with Gasteiger partial charge in [-0.3, -0.25) is 14.4 Å². The predicted octanol–water partition coefficient (Wildman–Crippen LogP) is 21.6. The van der Waals surface area contributed by atoms with Crippen LogP contribution < -0.4 is 0 Å². The van der Waals surface area contributed by atoms with Gasteiger partial charge in [-0.25, -0.2) is 0 Å². The highest BCUT2D eigenvalue weighted by Crippen LogP contribution is 2.16. The van der Waals surface area contributed by atoms with Crippen molar-refractivity contribution in [2.24, 2.45) is 0 Å². The van der Waals surface area contributed by atoms with E-state index in [1.165, 1.54) is 205 Å². The van der Waals surface area contributed by atoms with Gasteiger partial charge in [0.05, 0.1) is 0 Å². The van der Waals surface area contributed by atoms with Crippen LogP contribution in [-0.2, 0) is 28.6 Å². The third-order valence-corrected chi connectivity index (χ3v) is 14.0. The molecule has 0 unspecified atom stereocenters. The highest BCUT2D eigenvalue weighted by molar-refractivity contribution is 5.71. The van der Waals surface area contributed by atoms with Crippen LogP contribution in [0.2, 0.25) is 0 Å². The minimum Gasteiger partial charge on any atom is -0.462 e. The maximum Gasteiger partial charge on any atom is 0.306 e. The topological polar surface area (TPSA) is 78.9 Å². The number of hydrogen-bond donors (Lipinski definition) is 0. The Bertz CT molecular complexity index is 1310. The lowest BCUT2D eigenvalue weighted by Gasteiger charge is -2.18. The number of hydrogen-bond acceptors (Lipinski definition) is 6. The van der Waals surface area contributed by atoms with Crippen molar-refractivity contribution >= 4 is 17.9 Å². The molecule has 6 heteroatoms. The first kappa shape index (κ1) is 70.1. The van der Waals surface area contributed by atoms with E-state index < -0.39 is 6.10 Å². The van der Waals surface area contributed by atoms with E-state index in [2.05, 4.69) is 81.5 Å². The number of rotatable bonds is 58. The van der Waals surface area contributed by atoms with Crippen molar-refractivity contribution in [1.82, 2.24) is 0 Å². The molecule has 0 N–H and O–H groups in total. The first-order chi connectivity index (χ1) is 36.0. The standard InChI is InChI=1S/C67H120O6/c1-4-7-10-13-16-19-22-25-28-31-32-33-34-37-39-42-45-48-51-54-57-60-66(69)72-63-64(73-67(70)61-58-55-52-49-46-43-40-36-30-27-24-21-18-15-12-9-6-3)62-71-65(68)59-56-53-50-47-44-41-38-35-29-26-23-20-17-14-11-8-5-2/h17,20,25-30,38,41,64H,4-16,18-19,21-24,31-37,39-40,42-63H2,1-3H3/b20-17-,28-25-,29-26-,30-27-,41-38-/t64-/m1/s1. The van der Waals surface area contributed by atoms with Crippen LogP contribution in [0, 0.1) is 0 Å². The van der Waals surface area contributed by atoms with E-state index in [0.717, 1.165) is 83.5 Å². The molecule has 0 radical (unpaired) electrons. The fourth-order valence-electron chi connectivity index (χ4n) is 9.15. The molecule has 73 heavy (non-hydrogen) atoms. The lowest BCUT2D eigenvalue weighted by molar-refractivity contribution is -0.167. The Morgan fingerprint density at radius 1 is 0.274 bits per heavy atom. The average Bonchev–Trinajstić information content (AvgIpc) is 3.39. The molecule has 0 aliphatic rings. The van der Waals surface area contributed by atoms with Crippen LogP contribution in [0.25, 0.3) is 0 Å². The third kappa shape index (κ3) is 59.9. The SMILES string of the molecule is CCCCC/C=C\C/C=C\C/C=C\CCCCCCC(=O)OC[C@H](COC(=O)CCCCCCCCCCCCC/C=C\CCCCCCCC)OC(=O)CCCCCCCCC/C=C\CCCCCCCC. The normalized spacial score (nSPS) is 12.4. The Morgan fingerprint density at radius 3 is 0.808 bits per heavy atom. The second kappa shape index (κ2) is 61.7. The number of carbonyl (C=O) groups is 3. The van der Waals surface area contributed by atoms with Crippen LogP contribution in [0.15, 0.2) is 60.8 Å². The minimum atomic E-state index is -0.787. The molecule has 0 aliphatic heterocycles. The van der Waals surface area contributed by atoms with Crippen molar-refractivity contribution in [3.63, 3.8) is 0 Å². The van der Waals surface area contributed by atoms with E-state index in [0.29, 0.717) is 19.3 Å². The van der Waals surface area contributed by atoms with Crippen molar-refractivity contribution < 1.29 is 28.6 Å². The van der Waals surface area contributed by atoms with Gasteiger partial charge in [0.25, 0.3) is 0 Å². The molecule has 0 heterocycles. The zero-order valence-electron chi connectivity index (χ0n) is 48.7. The molecule has 424 valence electrons. The average molecular weight is 1020 g/mol. The summed E-state index contributed by atoms with van der Waals surface area (Å²) in [6.45, 7) is 6.62. The van der Waals surface area contributed by atoms with Gasteiger partial charge in [-0.1, -0.05) is 261 Å². The molecule has 0 amide bonds. The smallest absolute Gasteiger partial charge is 0.306 e. The van der Waals surface area contributed by atoms with E-state index in [-0.39, 0.29) is 31.1 Å². The second-order valence-electron chi connectivity index (χ2n) is 21.3. The molecular formula is C67H120O6. The Morgan fingerprint density at radius 2 is 0.493 bits per heavy atom. The molecule has 0 saturated heterocycles. The summed E-state index contributed by atoms with van der Waals surface area (Å²) in [5.74, 6) is -0.893. The summed E-state index contributed by atoms with van der Waals surface area (Å²) in [4.78, 5) is 38.3. The molecule has 0 bridgehead atoms. The molecule has 0 saturated carbocycles. The van der Waals surface area contributed by atoms with Crippen LogP contribution >= 0.6 is 0 Å². The van der Waals surface area contributed by atoms with Gasteiger partial charge in [-0.15, -0.1) is 0 Å². The fraction of sp³-hybridized carbons (Fsp3) is 0.806. The second-order valence-corrected chi connectivity index (χ2v) is 21.3. The Kier molecular flexibility index (Phi) is 59.2. The summed E-state index contributed by atoms with van der Waals surface area (Å²) >= 11 is 0. The molecule has 0 aliphatic carbocycles. The predicted molar refractivity (Wildman–Crippen MR) is 316 cm³/mol. The van der Waals surface area contributed by atoms with Gasteiger partial charge in [-0.05, 0) is 109 Å². The highest BCUT2D eigenvalue weighted by Gasteiger charge is 2.19. The van der Waals surface area contributed by atoms with Gasteiger partial charge in [0.2, 0.25) is 0 Å². The van der Waals surface area contributed by atoms with Gasteiger partial charge in [0.15, 0.2) is 6.10 Å². The summed E-state index contributed by atoms with van der Waals surface area (Å²) in [6.07, 6.45) is 77.9. The van der Waals surface area contributed by atoms with Crippen molar-refractivity contribution in [3.8, 4) is 0 Å². The van der Waals surface area contributed by atoms with Crippen LogP contribution in [0.5, 0.6) is 0 Å².